The standard InChI is InChI=1S/C22H16F8N2O3/c23-14-5-1-3-12(18(14)25)21(27,28)7-9-31-16(33)11-17(34)32(20(31)35)10-8-22(29,30)13-4-2-6-15(24)19(13)26/h1-6H,7-11H2. The maximum Gasteiger partial charge on any atom is 0.333 e. The number of urea groups is 1. The fraction of sp³-hybridized carbons (Fsp3) is 0.318. The fourth-order valence-corrected chi connectivity index (χ4v) is 3.47. The van der Waals surface area contributed by atoms with Gasteiger partial charge in [-0.15, -0.1) is 0 Å². The highest BCUT2D eigenvalue weighted by Gasteiger charge is 2.43. The highest BCUT2D eigenvalue weighted by atomic mass is 19.3. The van der Waals surface area contributed by atoms with Crippen LogP contribution in [0.15, 0.2) is 36.4 Å². The Hall–Kier alpha value is -3.51. The molecule has 3 rings (SSSR count). The van der Waals surface area contributed by atoms with Crippen LogP contribution in [-0.2, 0) is 21.4 Å². The average molecular weight is 508 g/mol. The van der Waals surface area contributed by atoms with Crippen LogP contribution in [0, 0.1) is 23.3 Å². The Morgan fingerprint density at radius 2 is 1.03 bits per heavy atom. The molecule has 1 aliphatic rings. The molecule has 0 atom stereocenters. The quantitative estimate of drug-likeness (QED) is 0.369. The first-order chi connectivity index (χ1) is 16.3. The van der Waals surface area contributed by atoms with E-state index in [0.717, 1.165) is 12.1 Å². The average Bonchev–Trinajstić information content (AvgIpc) is 2.76. The number of imide groups is 2. The van der Waals surface area contributed by atoms with Crippen LogP contribution in [0.2, 0.25) is 0 Å². The van der Waals surface area contributed by atoms with Crippen molar-refractivity contribution in [2.24, 2.45) is 0 Å². The van der Waals surface area contributed by atoms with Crippen molar-refractivity contribution < 1.29 is 49.5 Å². The van der Waals surface area contributed by atoms with Crippen LogP contribution in [0.1, 0.15) is 30.4 Å². The number of halogens is 8. The van der Waals surface area contributed by atoms with Gasteiger partial charge in [-0.2, -0.15) is 0 Å². The Morgan fingerprint density at radius 1 is 0.657 bits per heavy atom. The van der Waals surface area contributed by atoms with Gasteiger partial charge in [0.15, 0.2) is 23.3 Å². The van der Waals surface area contributed by atoms with Crippen molar-refractivity contribution in [1.82, 2.24) is 9.80 Å². The maximum atomic E-state index is 14.4. The van der Waals surface area contributed by atoms with E-state index in [2.05, 4.69) is 0 Å². The molecule has 1 fully saturated rings. The van der Waals surface area contributed by atoms with Crippen LogP contribution in [0.3, 0.4) is 0 Å². The summed E-state index contributed by atoms with van der Waals surface area (Å²) >= 11 is 0. The monoisotopic (exact) mass is 508 g/mol. The molecular weight excluding hydrogens is 492 g/mol. The largest absolute Gasteiger partial charge is 0.333 e. The number of hydrogen-bond donors (Lipinski definition) is 0. The first kappa shape index (κ1) is 26.1. The molecule has 0 unspecified atom stereocenters. The van der Waals surface area contributed by atoms with Crippen LogP contribution in [0.5, 0.6) is 0 Å². The lowest BCUT2D eigenvalue weighted by atomic mass is 10.0. The van der Waals surface area contributed by atoms with Gasteiger partial charge in [-0.3, -0.25) is 19.4 Å². The van der Waals surface area contributed by atoms with Crippen LogP contribution in [-0.4, -0.2) is 40.7 Å². The normalized spacial score (nSPS) is 15.3. The lowest BCUT2D eigenvalue weighted by Gasteiger charge is -2.34. The molecule has 188 valence electrons. The topological polar surface area (TPSA) is 57.7 Å². The van der Waals surface area contributed by atoms with Crippen molar-refractivity contribution in [2.75, 3.05) is 13.1 Å². The molecule has 1 heterocycles. The second-order valence-electron chi connectivity index (χ2n) is 7.66. The van der Waals surface area contributed by atoms with Gasteiger partial charge in [0.25, 0.3) is 11.8 Å². The number of carbonyl (C=O) groups is 3. The van der Waals surface area contributed by atoms with E-state index in [1.807, 2.05) is 0 Å². The van der Waals surface area contributed by atoms with Crippen molar-refractivity contribution in [2.45, 2.75) is 31.1 Å². The van der Waals surface area contributed by atoms with Gasteiger partial charge in [0.2, 0.25) is 11.8 Å². The Bertz CT molecular complexity index is 1080. The van der Waals surface area contributed by atoms with E-state index in [0.29, 0.717) is 24.3 Å². The molecule has 0 N–H and O–H groups in total. The van der Waals surface area contributed by atoms with E-state index in [9.17, 15) is 49.5 Å². The molecule has 0 aliphatic carbocycles. The zero-order valence-electron chi connectivity index (χ0n) is 17.6. The summed E-state index contributed by atoms with van der Waals surface area (Å²) in [5, 5.41) is 0. The van der Waals surface area contributed by atoms with E-state index >= 15 is 0 Å². The SMILES string of the molecule is O=C1CC(=O)N(CCC(F)(F)c2cccc(F)c2F)C(=O)N1CCC(F)(F)c1cccc(F)c1F. The third kappa shape index (κ3) is 5.28. The second kappa shape index (κ2) is 9.62. The third-order valence-corrected chi connectivity index (χ3v) is 5.36. The van der Waals surface area contributed by atoms with Crippen LogP contribution < -0.4 is 0 Å². The summed E-state index contributed by atoms with van der Waals surface area (Å²) in [5.74, 6) is -17.2. The molecule has 0 bridgehead atoms. The molecule has 13 heteroatoms. The third-order valence-electron chi connectivity index (χ3n) is 5.36. The Labute approximate surface area is 192 Å². The van der Waals surface area contributed by atoms with Gasteiger partial charge in [0.1, 0.15) is 6.42 Å². The van der Waals surface area contributed by atoms with Crippen molar-refractivity contribution in [3.63, 3.8) is 0 Å². The van der Waals surface area contributed by atoms with Gasteiger partial charge in [-0.1, -0.05) is 12.1 Å². The number of hydrogen-bond acceptors (Lipinski definition) is 3. The number of benzene rings is 2. The number of rotatable bonds is 8. The summed E-state index contributed by atoms with van der Waals surface area (Å²) in [5.41, 5.74) is -2.64. The van der Waals surface area contributed by atoms with Gasteiger partial charge in [-0.25, -0.2) is 39.9 Å². The van der Waals surface area contributed by atoms with E-state index in [1.54, 1.807) is 0 Å². The molecule has 35 heavy (non-hydrogen) atoms. The molecular formula is C22H16F8N2O3. The summed E-state index contributed by atoms with van der Waals surface area (Å²) < 4.78 is 112. The smallest absolute Gasteiger partial charge is 0.274 e. The summed E-state index contributed by atoms with van der Waals surface area (Å²) in [6.07, 6.45) is -3.71. The zero-order valence-corrected chi connectivity index (χ0v) is 17.6. The molecule has 0 saturated carbocycles. The fourth-order valence-electron chi connectivity index (χ4n) is 3.47. The van der Waals surface area contributed by atoms with Crippen molar-refractivity contribution in [3.05, 3.63) is 70.8 Å². The van der Waals surface area contributed by atoms with E-state index in [-0.39, 0.29) is 9.80 Å². The summed E-state index contributed by atoms with van der Waals surface area (Å²) in [6.45, 7) is -2.08. The van der Waals surface area contributed by atoms with E-state index in [4.69, 9.17) is 0 Å². The van der Waals surface area contributed by atoms with Crippen LogP contribution in [0.25, 0.3) is 0 Å². The molecule has 0 aromatic heterocycles. The Morgan fingerprint density at radius 3 is 1.40 bits per heavy atom. The Kier molecular flexibility index (Phi) is 7.18. The minimum Gasteiger partial charge on any atom is -0.274 e. The molecule has 4 amide bonds. The van der Waals surface area contributed by atoms with Crippen molar-refractivity contribution in [3.8, 4) is 0 Å². The summed E-state index contributed by atoms with van der Waals surface area (Å²) in [6, 6.07) is 2.63. The summed E-state index contributed by atoms with van der Waals surface area (Å²) in [4.78, 5) is 37.1. The number of alkyl halides is 4. The molecule has 2 aromatic rings. The van der Waals surface area contributed by atoms with Gasteiger partial charge in [0, 0.05) is 25.9 Å². The van der Waals surface area contributed by atoms with E-state index in [1.165, 1.54) is 0 Å². The molecule has 1 saturated heterocycles. The van der Waals surface area contributed by atoms with Crippen LogP contribution >= 0.6 is 0 Å². The second-order valence-corrected chi connectivity index (χ2v) is 7.66. The molecule has 1 aliphatic heterocycles. The first-order valence-electron chi connectivity index (χ1n) is 10.1. The highest BCUT2D eigenvalue weighted by Crippen LogP contribution is 2.36. The van der Waals surface area contributed by atoms with Gasteiger partial charge in [-0.05, 0) is 24.3 Å². The van der Waals surface area contributed by atoms with Gasteiger partial charge in [0.05, 0.1) is 11.1 Å². The lowest BCUT2D eigenvalue weighted by Crippen LogP contribution is -2.56. The molecule has 5 nitrogen and oxygen atoms in total. The first-order valence-corrected chi connectivity index (χ1v) is 10.1. The van der Waals surface area contributed by atoms with Gasteiger partial charge >= 0.3 is 6.03 Å². The predicted octanol–water partition coefficient (Wildman–Crippen LogP) is 5.09. The highest BCUT2D eigenvalue weighted by molar-refractivity contribution is 6.14. The predicted molar refractivity (Wildman–Crippen MR) is 103 cm³/mol. The lowest BCUT2D eigenvalue weighted by molar-refractivity contribution is -0.143. The van der Waals surface area contributed by atoms with Crippen molar-refractivity contribution >= 4 is 17.8 Å². The minimum absolute atomic E-state index is 0.202. The maximum absolute atomic E-state index is 14.4. The van der Waals surface area contributed by atoms with Crippen LogP contribution in [0.4, 0.5) is 39.9 Å². The molecule has 0 radical (unpaired) electrons. The zero-order chi connectivity index (χ0) is 26.1. The minimum atomic E-state index is -4.03. The summed E-state index contributed by atoms with van der Waals surface area (Å²) in [7, 11) is 0. The number of nitrogens with zero attached hydrogens (tertiary/aromatic N) is 2. The number of barbiturate groups is 1. The van der Waals surface area contributed by atoms with E-state index < -0.39 is 96.4 Å². The Balaban J connectivity index is 1.73. The molecule has 2 aromatic carbocycles. The van der Waals surface area contributed by atoms with Gasteiger partial charge < -0.3 is 0 Å². The number of carbonyl (C=O) groups excluding carboxylic acids is 3. The number of amides is 4. The van der Waals surface area contributed by atoms with Crippen molar-refractivity contribution in [1.29, 1.82) is 0 Å². The molecule has 0 spiro atoms.